The molecule has 0 bridgehead atoms. The zero-order valence-electron chi connectivity index (χ0n) is 11.7. The predicted octanol–water partition coefficient (Wildman–Crippen LogP) is 3.27. The molecular formula is C16H16N4O. The first kappa shape index (κ1) is 13.3. The lowest BCUT2D eigenvalue weighted by Crippen LogP contribution is -2.11. The van der Waals surface area contributed by atoms with Gasteiger partial charge in [0.2, 0.25) is 11.8 Å². The molecule has 0 spiro atoms. The van der Waals surface area contributed by atoms with Crippen LogP contribution in [0.15, 0.2) is 48.5 Å². The highest BCUT2D eigenvalue weighted by molar-refractivity contribution is 5.84. The van der Waals surface area contributed by atoms with E-state index in [9.17, 15) is 0 Å². The van der Waals surface area contributed by atoms with Crippen molar-refractivity contribution in [2.24, 2.45) is 5.84 Å². The first-order chi connectivity index (χ1) is 10.3. The lowest BCUT2D eigenvalue weighted by molar-refractivity contribution is 0.463. The van der Waals surface area contributed by atoms with Gasteiger partial charge >= 0.3 is 0 Å². The molecule has 3 N–H and O–H groups in total. The summed E-state index contributed by atoms with van der Waals surface area (Å²) in [5.74, 6) is 7.05. The molecule has 1 heterocycles. The van der Waals surface area contributed by atoms with E-state index in [1.165, 1.54) is 0 Å². The number of nitrogens with two attached hydrogens (primary N) is 1. The third-order valence-electron chi connectivity index (χ3n) is 3.26. The quantitative estimate of drug-likeness (QED) is 0.567. The predicted molar refractivity (Wildman–Crippen MR) is 83.2 cm³/mol. The highest BCUT2D eigenvalue weighted by Crippen LogP contribution is 2.30. The smallest absolute Gasteiger partial charge is 0.241 e. The maximum absolute atomic E-state index is 6.01. The zero-order valence-corrected chi connectivity index (χ0v) is 11.7. The summed E-state index contributed by atoms with van der Waals surface area (Å²) >= 11 is 0. The van der Waals surface area contributed by atoms with E-state index in [1.54, 1.807) is 0 Å². The lowest BCUT2D eigenvalue weighted by Gasteiger charge is -2.12. The van der Waals surface area contributed by atoms with Gasteiger partial charge in [0.1, 0.15) is 5.75 Å². The van der Waals surface area contributed by atoms with Gasteiger partial charge in [0, 0.05) is 0 Å². The van der Waals surface area contributed by atoms with Crippen LogP contribution in [0.2, 0.25) is 0 Å². The third-order valence-corrected chi connectivity index (χ3v) is 3.26. The third kappa shape index (κ3) is 2.64. The Morgan fingerprint density at radius 3 is 2.62 bits per heavy atom. The number of nitrogens with zero attached hydrogens (tertiary/aromatic N) is 2. The highest BCUT2D eigenvalue weighted by atomic mass is 16.5. The molecule has 3 rings (SSSR count). The molecule has 0 saturated carbocycles. The van der Waals surface area contributed by atoms with E-state index in [1.807, 2.05) is 48.5 Å². The van der Waals surface area contributed by atoms with Crippen LogP contribution in [0.3, 0.4) is 0 Å². The van der Waals surface area contributed by atoms with E-state index in [2.05, 4.69) is 22.3 Å². The van der Waals surface area contributed by atoms with Crippen molar-refractivity contribution in [1.29, 1.82) is 0 Å². The summed E-state index contributed by atoms with van der Waals surface area (Å²) in [5, 5.41) is 0.849. The van der Waals surface area contributed by atoms with E-state index >= 15 is 0 Å². The Bertz CT molecular complexity index is 773. The molecule has 0 atom stereocenters. The molecule has 0 aliphatic carbocycles. The van der Waals surface area contributed by atoms with Gasteiger partial charge in [-0.05, 0) is 30.2 Å². The molecule has 0 aliphatic heterocycles. The second-order valence-electron chi connectivity index (χ2n) is 4.58. The van der Waals surface area contributed by atoms with Gasteiger partial charge in [0.15, 0.2) is 0 Å². The normalized spacial score (nSPS) is 10.6. The van der Waals surface area contributed by atoms with Gasteiger partial charge in [-0.1, -0.05) is 37.3 Å². The van der Waals surface area contributed by atoms with Gasteiger partial charge in [0.25, 0.3) is 0 Å². The minimum absolute atomic E-state index is 0.331. The van der Waals surface area contributed by atoms with Gasteiger partial charge in [-0.2, -0.15) is 4.98 Å². The number of fused-ring (bicyclic) bond motifs is 1. The summed E-state index contributed by atoms with van der Waals surface area (Å²) in [7, 11) is 0. The molecule has 0 amide bonds. The molecule has 5 heteroatoms. The van der Waals surface area contributed by atoms with Crippen molar-refractivity contribution < 1.29 is 4.74 Å². The largest absolute Gasteiger partial charge is 0.438 e. The number of hydrazine groups is 1. The fraction of sp³-hybridized carbons (Fsp3) is 0.125. The number of hydrogen-bond acceptors (Lipinski definition) is 5. The molecule has 5 nitrogen and oxygen atoms in total. The van der Waals surface area contributed by atoms with Crippen molar-refractivity contribution in [3.8, 4) is 11.6 Å². The average Bonchev–Trinajstić information content (AvgIpc) is 2.55. The van der Waals surface area contributed by atoms with Gasteiger partial charge < -0.3 is 4.74 Å². The Balaban J connectivity index is 2.11. The second kappa shape index (κ2) is 5.76. The summed E-state index contributed by atoms with van der Waals surface area (Å²) in [6.07, 6.45) is 0.890. The van der Waals surface area contributed by atoms with Gasteiger partial charge in [-0.3, -0.25) is 5.43 Å². The molecule has 106 valence electrons. The Morgan fingerprint density at radius 1 is 1.05 bits per heavy atom. The van der Waals surface area contributed by atoms with Crippen molar-refractivity contribution >= 4 is 16.9 Å². The summed E-state index contributed by atoms with van der Waals surface area (Å²) in [6, 6.07) is 15.6. The molecule has 2 aromatic carbocycles. The lowest BCUT2D eigenvalue weighted by atomic mass is 10.1. The number of aromatic nitrogens is 2. The molecular weight excluding hydrogens is 264 g/mol. The number of rotatable bonds is 4. The summed E-state index contributed by atoms with van der Waals surface area (Å²) in [6.45, 7) is 2.09. The summed E-state index contributed by atoms with van der Waals surface area (Å²) in [5.41, 5.74) is 4.38. The average molecular weight is 280 g/mol. The van der Waals surface area contributed by atoms with Crippen molar-refractivity contribution in [2.45, 2.75) is 13.3 Å². The molecule has 3 aromatic rings. The van der Waals surface area contributed by atoms with Crippen LogP contribution >= 0.6 is 0 Å². The van der Waals surface area contributed by atoms with Crippen molar-refractivity contribution in [3.05, 3.63) is 54.1 Å². The van der Waals surface area contributed by atoms with Gasteiger partial charge in [0.05, 0.1) is 10.9 Å². The van der Waals surface area contributed by atoms with Crippen LogP contribution in [0.4, 0.5) is 5.95 Å². The first-order valence-corrected chi connectivity index (χ1v) is 6.81. The topological polar surface area (TPSA) is 73.1 Å². The van der Waals surface area contributed by atoms with Gasteiger partial charge in [-0.25, -0.2) is 10.8 Å². The van der Waals surface area contributed by atoms with Crippen molar-refractivity contribution in [3.63, 3.8) is 0 Å². The number of benzene rings is 2. The van der Waals surface area contributed by atoms with E-state index in [-0.39, 0.29) is 0 Å². The number of nitrogen functional groups attached to an aromatic ring is 1. The second-order valence-corrected chi connectivity index (χ2v) is 4.58. The molecule has 1 aromatic heterocycles. The Labute approximate surface area is 122 Å². The van der Waals surface area contributed by atoms with Crippen LogP contribution in [-0.2, 0) is 6.42 Å². The number of aryl methyl sites for hydroxylation is 1. The summed E-state index contributed by atoms with van der Waals surface area (Å²) < 4.78 is 6.01. The molecule has 21 heavy (non-hydrogen) atoms. The zero-order chi connectivity index (χ0) is 14.7. The fourth-order valence-electron chi connectivity index (χ4n) is 2.19. The minimum Gasteiger partial charge on any atom is -0.438 e. The number of nitrogens with one attached hydrogen (secondary N) is 1. The maximum Gasteiger partial charge on any atom is 0.241 e. The van der Waals surface area contributed by atoms with E-state index in [4.69, 9.17) is 10.6 Å². The van der Waals surface area contributed by atoms with Crippen LogP contribution in [0.25, 0.3) is 10.9 Å². The molecule has 0 fully saturated rings. The molecule has 0 radical (unpaired) electrons. The SMILES string of the molecule is CCc1ccccc1Oc1nc(NN)nc2ccccc12. The van der Waals surface area contributed by atoms with E-state index in [0.29, 0.717) is 11.8 Å². The molecule has 0 unspecified atom stereocenters. The van der Waals surface area contributed by atoms with Crippen LogP contribution in [0, 0.1) is 0 Å². The van der Waals surface area contributed by atoms with Crippen LogP contribution in [0.5, 0.6) is 11.6 Å². The fourth-order valence-corrected chi connectivity index (χ4v) is 2.19. The Morgan fingerprint density at radius 2 is 1.81 bits per heavy atom. The number of hydrogen-bond donors (Lipinski definition) is 2. The van der Waals surface area contributed by atoms with Crippen molar-refractivity contribution in [1.82, 2.24) is 9.97 Å². The Hall–Kier alpha value is -2.66. The van der Waals surface area contributed by atoms with E-state index in [0.717, 1.165) is 28.6 Å². The number of anilines is 1. The standard InChI is InChI=1S/C16H16N4O/c1-2-11-7-3-6-10-14(11)21-15-12-8-4-5-9-13(12)18-16(19-15)20-17/h3-10H,2,17H2,1H3,(H,18,19,20). The number of ether oxygens (including phenoxy) is 1. The van der Waals surface area contributed by atoms with Crippen LogP contribution in [0.1, 0.15) is 12.5 Å². The van der Waals surface area contributed by atoms with Crippen LogP contribution < -0.4 is 16.0 Å². The minimum atomic E-state index is 0.331. The van der Waals surface area contributed by atoms with Crippen molar-refractivity contribution in [2.75, 3.05) is 5.43 Å². The van der Waals surface area contributed by atoms with Gasteiger partial charge in [-0.15, -0.1) is 0 Å². The molecule has 0 aliphatic rings. The van der Waals surface area contributed by atoms with E-state index < -0.39 is 0 Å². The monoisotopic (exact) mass is 280 g/mol. The Kier molecular flexibility index (Phi) is 3.66. The molecule has 0 saturated heterocycles. The maximum atomic E-state index is 6.01. The highest BCUT2D eigenvalue weighted by Gasteiger charge is 2.10. The van der Waals surface area contributed by atoms with Crippen LogP contribution in [-0.4, -0.2) is 9.97 Å². The first-order valence-electron chi connectivity index (χ1n) is 6.81. The number of para-hydroxylation sites is 2. The summed E-state index contributed by atoms with van der Waals surface area (Å²) in [4.78, 5) is 8.63.